The third-order valence-electron chi connectivity index (χ3n) is 4.96. The fourth-order valence-electron chi connectivity index (χ4n) is 3.33. The molecule has 2 amide bonds. The molecule has 5 nitrogen and oxygen atoms in total. The zero-order valence-corrected chi connectivity index (χ0v) is 17.6. The van der Waals surface area contributed by atoms with Crippen molar-refractivity contribution in [2.45, 2.75) is 24.6 Å². The number of amides is 2. The van der Waals surface area contributed by atoms with Gasteiger partial charge in [0, 0.05) is 12.0 Å². The quantitative estimate of drug-likeness (QED) is 0.510. The molecule has 1 aliphatic heterocycles. The second-order valence-electron chi connectivity index (χ2n) is 7.18. The summed E-state index contributed by atoms with van der Waals surface area (Å²) in [5.74, 6) is 0.890. The predicted octanol–water partition coefficient (Wildman–Crippen LogP) is 5.07. The maximum Gasteiger partial charge on any atom is 0.243 e. The molecule has 3 aromatic rings. The van der Waals surface area contributed by atoms with Crippen molar-refractivity contribution in [3.63, 3.8) is 0 Å². The van der Waals surface area contributed by atoms with Gasteiger partial charge in [-0.2, -0.15) is 0 Å². The molecule has 0 saturated carbocycles. The van der Waals surface area contributed by atoms with E-state index in [0.717, 1.165) is 23.1 Å². The van der Waals surface area contributed by atoms with Gasteiger partial charge in [-0.25, -0.2) is 0 Å². The summed E-state index contributed by atoms with van der Waals surface area (Å²) < 4.78 is 5.78. The van der Waals surface area contributed by atoms with Gasteiger partial charge in [0.25, 0.3) is 0 Å². The van der Waals surface area contributed by atoms with Gasteiger partial charge in [0.2, 0.25) is 16.9 Å². The summed E-state index contributed by atoms with van der Waals surface area (Å²) in [6.45, 7) is 0.180. The summed E-state index contributed by atoms with van der Waals surface area (Å²) in [6, 6.07) is 25.6. The van der Waals surface area contributed by atoms with Crippen molar-refractivity contribution in [1.29, 1.82) is 0 Å². The monoisotopic (exact) mass is 431 g/mol. The molecular weight excluding hydrogens is 410 g/mol. The molecule has 1 saturated heterocycles. The standard InChI is InChI=1S/C25H21NO4S/c27-23-16-15-22(31-25(29)19-7-3-1-4-8-19)24(28)26(23)17-18-11-13-21(14-12-18)30-20-9-5-2-6-10-20/h1-14,22H,15-17H2. The van der Waals surface area contributed by atoms with Crippen LogP contribution in [0.15, 0.2) is 84.9 Å². The highest BCUT2D eigenvalue weighted by Crippen LogP contribution is 2.29. The number of imide groups is 1. The maximum atomic E-state index is 12.9. The van der Waals surface area contributed by atoms with E-state index < -0.39 is 5.25 Å². The number of benzene rings is 3. The summed E-state index contributed by atoms with van der Waals surface area (Å²) in [5.41, 5.74) is 1.37. The van der Waals surface area contributed by atoms with Crippen molar-refractivity contribution in [3.05, 3.63) is 96.1 Å². The largest absolute Gasteiger partial charge is 0.457 e. The molecule has 3 aromatic carbocycles. The van der Waals surface area contributed by atoms with Crippen LogP contribution in [0.4, 0.5) is 0 Å². The van der Waals surface area contributed by atoms with Crippen molar-refractivity contribution in [3.8, 4) is 11.5 Å². The first kappa shape index (κ1) is 20.9. The molecule has 1 aliphatic rings. The lowest BCUT2D eigenvalue weighted by Gasteiger charge is -2.30. The normalized spacial score (nSPS) is 16.3. The van der Waals surface area contributed by atoms with E-state index in [1.165, 1.54) is 4.90 Å². The molecule has 6 heteroatoms. The van der Waals surface area contributed by atoms with E-state index in [1.807, 2.05) is 60.7 Å². The molecule has 4 rings (SSSR count). The lowest BCUT2D eigenvalue weighted by molar-refractivity contribution is -0.148. The Balaban J connectivity index is 1.40. The number of ether oxygens (including phenoxy) is 1. The van der Waals surface area contributed by atoms with Gasteiger partial charge >= 0.3 is 0 Å². The fourth-order valence-corrected chi connectivity index (χ4v) is 4.32. The highest BCUT2D eigenvalue weighted by Gasteiger charge is 2.36. The molecule has 0 N–H and O–H groups in total. The van der Waals surface area contributed by atoms with Crippen LogP contribution in [0.5, 0.6) is 11.5 Å². The number of rotatable bonds is 6. The molecule has 1 fully saturated rings. The van der Waals surface area contributed by atoms with E-state index in [9.17, 15) is 14.4 Å². The molecule has 0 spiro atoms. The van der Waals surface area contributed by atoms with Crippen molar-refractivity contribution < 1.29 is 19.1 Å². The van der Waals surface area contributed by atoms with E-state index in [2.05, 4.69) is 0 Å². The van der Waals surface area contributed by atoms with Gasteiger partial charge in [0.1, 0.15) is 11.5 Å². The summed E-state index contributed by atoms with van der Waals surface area (Å²) >= 11 is 0.999. The molecule has 1 unspecified atom stereocenters. The lowest BCUT2D eigenvalue weighted by Crippen LogP contribution is -2.46. The van der Waals surface area contributed by atoms with Crippen LogP contribution in [-0.4, -0.2) is 27.1 Å². The van der Waals surface area contributed by atoms with Crippen LogP contribution in [0, 0.1) is 0 Å². The van der Waals surface area contributed by atoms with Crippen LogP contribution in [0.1, 0.15) is 28.8 Å². The molecule has 0 radical (unpaired) electrons. The second-order valence-corrected chi connectivity index (χ2v) is 8.35. The Morgan fingerprint density at radius 3 is 2.16 bits per heavy atom. The average molecular weight is 432 g/mol. The van der Waals surface area contributed by atoms with Crippen molar-refractivity contribution in [2.75, 3.05) is 0 Å². The second kappa shape index (κ2) is 9.62. The number of nitrogens with zero attached hydrogens (tertiary/aromatic N) is 1. The topological polar surface area (TPSA) is 63.7 Å². The Kier molecular flexibility index (Phi) is 6.48. The van der Waals surface area contributed by atoms with Gasteiger partial charge < -0.3 is 4.74 Å². The molecule has 0 aromatic heterocycles. The molecule has 31 heavy (non-hydrogen) atoms. The highest BCUT2D eigenvalue weighted by atomic mass is 32.2. The van der Waals surface area contributed by atoms with Crippen LogP contribution in [0.25, 0.3) is 0 Å². The number of thioether (sulfide) groups is 1. The van der Waals surface area contributed by atoms with Gasteiger partial charge in [-0.1, -0.05) is 72.4 Å². The Bertz CT molecular complexity index is 1070. The fraction of sp³-hybridized carbons (Fsp3) is 0.160. The molecule has 156 valence electrons. The Labute approximate surface area is 185 Å². The SMILES string of the molecule is O=C(SC1CCC(=O)N(Cc2ccc(Oc3ccccc3)cc2)C1=O)c1ccccc1. The Morgan fingerprint density at radius 2 is 1.48 bits per heavy atom. The first-order valence-corrected chi connectivity index (χ1v) is 10.9. The number of likely N-dealkylation sites (tertiary alicyclic amines) is 1. The Morgan fingerprint density at radius 1 is 0.871 bits per heavy atom. The molecule has 1 atom stereocenters. The maximum absolute atomic E-state index is 12.9. The van der Waals surface area contributed by atoms with E-state index in [-0.39, 0.29) is 29.9 Å². The third kappa shape index (κ3) is 5.22. The molecule has 0 bridgehead atoms. The highest BCUT2D eigenvalue weighted by molar-refractivity contribution is 8.15. The average Bonchev–Trinajstić information content (AvgIpc) is 2.81. The summed E-state index contributed by atoms with van der Waals surface area (Å²) in [7, 11) is 0. The minimum absolute atomic E-state index is 0.157. The van der Waals surface area contributed by atoms with Gasteiger partial charge in [-0.15, -0.1) is 0 Å². The van der Waals surface area contributed by atoms with E-state index >= 15 is 0 Å². The van der Waals surface area contributed by atoms with Gasteiger partial charge in [-0.3, -0.25) is 19.3 Å². The third-order valence-corrected chi connectivity index (χ3v) is 6.14. The predicted molar refractivity (Wildman–Crippen MR) is 120 cm³/mol. The summed E-state index contributed by atoms with van der Waals surface area (Å²) in [5, 5.41) is -0.707. The van der Waals surface area contributed by atoms with E-state index in [4.69, 9.17) is 4.74 Å². The van der Waals surface area contributed by atoms with Gasteiger partial charge in [-0.05, 0) is 36.2 Å². The smallest absolute Gasteiger partial charge is 0.243 e. The number of carbonyl (C=O) groups excluding carboxylic acids is 3. The summed E-state index contributed by atoms with van der Waals surface area (Å²) in [6.07, 6.45) is 0.627. The number of hydrogen-bond acceptors (Lipinski definition) is 5. The number of carbonyl (C=O) groups is 3. The van der Waals surface area contributed by atoms with Crippen LogP contribution in [0.3, 0.4) is 0 Å². The minimum atomic E-state index is -0.550. The van der Waals surface area contributed by atoms with Crippen molar-refractivity contribution in [1.82, 2.24) is 4.90 Å². The number of piperidine rings is 1. The number of hydrogen-bond donors (Lipinski definition) is 0. The number of para-hydroxylation sites is 1. The molecular formula is C25H21NO4S. The van der Waals surface area contributed by atoms with Crippen LogP contribution in [-0.2, 0) is 16.1 Å². The molecule has 1 heterocycles. The Hall–Kier alpha value is -3.38. The lowest BCUT2D eigenvalue weighted by atomic mass is 10.1. The van der Waals surface area contributed by atoms with Crippen molar-refractivity contribution in [2.24, 2.45) is 0 Å². The zero-order valence-electron chi connectivity index (χ0n) is 16.8. The molecule has 0 aliphatic carbocycles. The van der Waals surface area contributed by atoms with Crippen molar-refractivity contribution >= 4 is 28.7 Å². The van der Waals surface area contributed by atoms with E-state index in [1.54, 1.807) is 24.3 Å². The van der Waals surface area contributed by atoms with Crippen LogP contribution >= 0.6 is 11.8 Å². The zero-order chi connectivity index (χ0) is 21.6. The van der Waals surface area contributed by atoms with E-state index in [0.29, 0.717) is 17.7 Å². The first-order chi connectivity index (χ1) is 15.1. The minimum Gasteiger partial charge on any atom is -0.457 e. The van der Waals surface area contributed by atoms with Crippen LogP contribution < -0.4 is 4.74 Å². The summed E-state index contributed by atoms with van der Waals surface area (Å²) in [4.78, 5) is 39.1. The van der Waals surface area contributed by atoms with Gasteiger partial charge in [0.15, 0.2) is 0 Å². The first-order valence-electron chi connectivity index (χ1n) is 10.0. The van der Waals surface area contributed by atoms with Gasteiger partial charge in [0.05, 0.1) is 11.8 Å². The van der Waals surface area contributed by atoms with Crippen LogP contribution in [0.2, 0.25) is 0 Å².